The van der Waals surface area contributed by atoms with Gasteiger partial charge in [0.1, 0.15) is 22.7 Å². The van der Waals surface area contributed by atoms with Crippen molar-refractivity contribution in [1.82, 2.24) is 9.97 Å². The first kappa shape index (κ1) is 18.8. The molecule has 9 heteroatoms. The molecule has 2 N–H and O–H groups in total. The highest BCUT2D eigenvalue weighted by Gasteiger charge is 2.33. The average Bonchev–Trinajstić information content (AvgIpc) is 3.05. The Morgan fingerprint density at radius 1 is 1.22 bits per heavy atom. The molecule has 142 valence electrons. The second kappa shape index (κ2) is 6.66. The van der Waals surface area contributed by atoms with Gasteiger partial charge in [0, 0.05) is 17.9 Å². The second-order valence-corrected chi connectivity index (χ2v) is 5.98. The highest BCUT2D eigenvalue weighted by Crippen LogP contribution is 2.37. The lowest BCUT2D eigenvalue weighted by Gasteiger charge is -2.11. The van der Waals surface area contributed by atoms with Crippen LogP contribution in [0.25, 0.3) is 22.4 Å². The molecule has 3 rings (SSSR count). The third-order valence-electron chi connectivity index (χ3n) is 3.96. The van der Waals surface area contributed by atoms with Crippen molar-refractivity contribution in [1.29, 1.82) is 0 Å². The van der Waals surface area contributed by atoms with Crippen molar-refractivity contribution in [2.75, 3.05) is 7.11 Å². The lowest BCUT2D eigenvalue weighted by molar-refractivity contribution is -0.140. The Balaban J connectivity index is 2.27. The molecular weight excluding hydrogens is 363 g/mol. The molecule has 0 amide bonds. The summed E-state index contributed by atoms with van der Waals surface area (Å²) in [5, 5.41) is 0.343. The molecule has 27 heavy (non-hydrogen) atoms. The Morgan fingerprint density at radius 3 is 2.44 bits per heavy atom. The molecule has 2 aromatic heterocycles. The van der Waals surface area contributed by atoms with Crippen molar-refractivity contribution in [3.8, 4) is 17.2 Å². The predicted octanol–water partition coefficient (Wildman–Crippen LogP) is 4.14. The lowest BCUT2D eigenvalue weighted by atomic mass is 10.1. The predicted molar refractivity (Wildman–Crippen MR) is 91.4 cm³/mol. The van der Waals surface area contributed by atoms with Crippen LogP contribution in [-0.2, 0) is 6.18 Å². The first-order chi connectivity index (χ1) is 12.6. The number of Topliss-reactive ketones (excluding diaryl/α,β-unsaturated/α-hetero) is 1. The number of hydrogen-bond donors (Lipinski definition) is 1. The number of alkyl halides is 3. The number of nitrogens with zero attached hydrogens (tertiary/aromatic N) is 2. The van der Waals surface area contributed by atoms with Crippen LogP contribution >= 0.6 is 0 Å². The molecule has 0 aliphatic heterocycles. The first-order valence-corrected chi connectivity index (χ1v) is 7.96. The van der Waals surface area contributed by atoms with Gasteiger partial charge in [0.25, 0.3) is 0 Å². The van der Waals surface area contributed by atoms with Crippen molar-refractivity contribution in [3.63, 3.8) is 0 Å². The highest BCUT2D eigenvalue weighted by atomic mass is 19.4. The Kier molecular flexibility index (Phi) is 4.64. The zero-order valence-electron chi connectivity index (χ0n) is 14.7. The molecule has 3 aromatic rings. The first-order valence-electron chi connectivity index (χ1n) is 7.96. The smallest absolute Gasteiger partial charge is 0.433 e. The van der Waals surface area contributed by atoms with Gasteiger partial charge in [0.15, 0.2) is 11.5 Å². The molecule has 0 unspecified atom stereocenters. The molecule has 0 radical (unpaired) electrons. The van der Waals surface area contributed by atoms with E-state index >= 15 is 0 Å². The van der Waals surface area contributed by atoms with Crippen molar-refractivity contribution in [2.45, 2.75) is 26.1 Å². The van der Waals surface area contributed by atoms with E-state index in [0.717, 1.165) is 6.07 Å². The third kappa shape index (κ3) is 3.37. The minimum Gasteiger partial charge on any atom is -0.494 e. The Morgan fingerprint density at radius 2 is 1.93 bits per heavy atom. The molecule has 0 saturated heterocycles. The van der Waals surface area contributed by atoms with Crippen LogP contribution in [0.1, 0.15) is 41.8 Å². The Labute approximate surface area is 152 Å². The van der Waals surface area contributed by atoms with Crippen LogP contribution < -0.4 is 10.5 Å². The number of nitrogens with two attached hydrogens (primary N) is 1. The minimum atomic E-state index is -4.60. The Hall–Kier alpha value is -2.94. The monoisotopic (exact) mass is 379 g/mol. The van der Waals surface area contributed by atoms with Gasteiger partial charge in [-0.25, -0.2) is 9.97 Å². The second-order valence-electron chi connectivity index (χ2n) is 5.98. The van der Waals surface area contributed by atoms with Crippen molar-refractivity contribution < 1.29 is 27.1 Å². The molecule has 1 aromatic carbocycles. The van der Waals surface area contributed by atoms with Gasteiger partial charge in [0.2, 0.25) is 5.89 Å². The fourth-order valence-corrected chi connectivity index (χ4v) is 2.71. The van der Waals surface area contributed by atoms with Crippen LogP contribution in [0.4, 0.5) is 13.2 Å². The van der Waals surface area contributed by atoms with Gasteiger partial charge < -0.3 is 14.9 Å². The molecular formula is C18H16F3N3O3. The number of benzene rings is 1. The summed E-state index contributed by atoms with van der Waals surface area (Å²) in [6, 6.07) is 4.61. The minimum absolute atomic E-state index is 0.00902. The fourth-order valence-electron chi connectivity index (χ4n) is 2.71. The largest absolute Gasteiger partial charge is 0.494 e. The number of carbonyl (C=O) groups excluding carboxylic acids is 1. The molecule has 0 fully saturated rings. The number of aromatic nitrogens is 2. The van der Waals surface area contributed by atoms with Crippen LogP contribution in [0.2, 0.25) is 0 Å². The van der Waals surface area contributed by atoms with E-state index in [4.69, 9.17) is 14.9 Å². The van der Waals surface area contributed by atoms with Crippen LogP contribution in [-0.4, -0.2) is 22.9 Å². The molecule has 2 heterocycles. The van der Waals surface area contributed by atoms with Gasteiger partial charge in [-0.05, 0) is 31.2 Å². The number of oxazole rings is 1. The summed E-state index contributed by atoms with van der Waals surface area (Å²) < 4.78 is 49.9. The number of hydrogen-bond acceptors (Lipinski definition) is 6. The number of fused-ring (bicyclic) bond motifs is 1. The van der Waals surface area contributed by atoms with E-state index in [-0.39, 0.29) is 34.4 Å². The summed E-state index contributed by atoms with van der Waals surface area (Å²) in [6.07, 6.45) is -4.60. The average molecular weight is 379 g/mol. The summed E-state index contributed by atoms with van der Waals surface area (Å²) >= 11 is 0. The van der Waals surface area contributed by atoms with Crippen molar-refractivity contribution in [3.05, 3.63) is 41.4 Å². The number of ether oxygens (including phenoxy) is 1. The quantitative estimate of drug-likeness (QED) is 0.685. The van der Waals surface area contributed by atoms with E-state index < -0.39 is 17.9 Å². The summed E-state index contributed by atoms with van der Waals surface area (Å²) in [4.78, 5) is 19.7. The summed E-state index contributed by atoms with van der Waals surface area (Å²) in [7, 11) is 1.34. The highest BCUT2D eigenvalue weighted by molar-refractivity contribution is 5.98. The fraction of sp³-hybridized carbons (Fsp3) is 0.278. The lowest BCUT2D eigenvalue weighted by Crippen LogP contribution is -2.08. The van der Waals surface area contributed by atoms with Gasteiger partial charge >= 0.3 is 6.18 Å². The van der Waals surface area contributed by atoms with Gasteiger partial charge in [-0.2, -0.15) is 13.2 Å². The summed E-state index contributed by atoms with van der Waals surface area (Å²) in [6.45, 7) is 2.97. The summed E-state index contributed by atoms with van der Waals surface area (Å²) in [5.41, 5.74) is 5.26. The zero-order chi connectivity index (χ0) is 19.9. The molecule has 0 aliphatic carbocycles. The van der Waals surface area contributed by atoms with E-state index in [9.17, 15) is 18.0 Å². The maximum absolute atomic E-state index is 13.0. The van der Waals surface area contributed by atoms with E-state index in [2.05, 4.69) is 9.97 Å². The molecule has 1 atom stereocenters. The zero-order valence-corrected chi connectivity index (χ0v) is 14.7. The molecule has 0 spiro atoms. The number of rotatable bonds is 4. The van der Waals surface area contributed by atoms with E-state index in [1.165, 1.54) is 26.2 Å². The third-order valence-corrected chi connectivity index (χ3v) is 3.96. The van der Waals surface area contributed by atoms with Gasteiger partial charge in [-0.3, -0.25) is 4.79 Å². The van der Waals surface area contributed by atoms with Crippen LogP contribution in [0, 0.1) is 0 Å². The van der Waals surface area contributed by atoms with Crippen molar-refractivity contribution in [2.24, 2.45) is 5.73 Å². The van der Waals surface area contributed by atoms with Gasteiger partial charge in [0.05, 0.1) is 13.2 Å². The normalized spacial score (nSPS) is 13.0. The van der Waals surface area contributed by atoms with Crippen LogP contribution in [0.3, 0.4) is 0 Å². The number of methoxy groups -OCH3 is 1. The SMILES string of the molecule is COc1ccc(-c2nc(C(C)=O)c([C@H](C)N)o2)c2ccc(C(F)(F)F)nc12. The summed E-state index contributed by atoms with van der Waals surface area (Å²) in [5.74, 6) is 0.126. The molecule has 0 saturated carbocycles. The van der Waals surface area contributed by atoms with Crippen LogP contribution in [0.5, 0.6) is 5.75 Å². The van der Waals surface area contributed by atoms with Gasteiger partial charge in [-0.1, -0.05) is 0 Å². The van der Waals surface area contributed by atoms with E-state index in [1.807, 2.05) is 0 Å². The number of halogens is 3. The van der Waals surface area contributed by atoms with E-state index in [0.29, 0.717) is 10.9 Å². The van der Waals surface area contributed by atoms with Crippen LogP contribution in [0.15, 0.2) is 28.7 Å². The standard InChI is InChI=1S/C18H16F3N3O3/c1-8(22)16-14(9(2)25)24-17(27-16)11-4-6-12(26-3)15-10(11)5-7-13(23-15)18(19,20)21/h4-8H,22H2,1-3H3/t8-/m0/s1. The maximum Gasteiger partial charge on any atom is 0.433 e. The molecule has 6 nitrogen and oxygen atoms in total. The maximum atomic E-state index is 13.0. The molecule has 0 aliphatic rings. The topological polar surface area (TPSA) is 91.2 Å². The Bertz CT molecular complexity index is 1030. The number of pyridine rings is 1. The van der Waals surface area contributed by atoms with E-state index in [1.54, 1.807) is 13.0 Å². The van der Waals surface area contributed by atoms with Crippen molar-refractivity contribution >= 4 is 16.7 Å². The number of ketones is 1. The number of carbonyl (C=O) groups is 1. The van der Waals surface area contributed by atoms with Gasteiger partial charge in [-0.15, -0.1) is 0 Å². The molecule has 0 bridgehead atoms.